The third kappa shape index (κ3) is 4.58. The van der Waals surface area contributed by atoms with Gasteiger partial charge in [-0.25, -0.2) is 0 Å². The van der Waals surface area contributed by atoms with E-state index in [9.17, 15) is 4.79 Å². The molecular formula is C16H20ClN3O2. The second kappa shape index (κ2) is 7.96. The number of carbonyl (C=O) groups excluding carboxylic acids is 1. The van der Waals surface area contributed by atoms with Gasteiger partial charge in [-0.1, -0.05) is 11.6 Å². The lowest BCUT2D eigenvalue weighted by molar-refractivity contribution is -0.123. The highest BCUT2D eigenvalue weighted by molar-refractivity contribution is 6.31. The van der Waals surface area contributed by atoms with Crippen molar-refractivity contribution in [3.8, 4) is 0 Å². The fourth-order valence-electron chi connectivity index (χ4n) is 1.92. The van der Waals surface area contributed by atoms with Gasteiger partial charge in [-0.05, 0) is 44.0 Å². The molecule has 1 heterocycles. The number of fused-ring (bicyclic) bond motifs is 1. The van der Waals surface area contributed by atoms with E-state index in [0.717, 1.165) is 11.1 Å². The molecule has 0 aliphatic rings. The van der Waals surface area contributed by atoms with Crippen molar-refractivity contribution >= 4 is 34.1 Å². The molecule has 6 heteroatoms. The predicted octanol–water partition coefficient (Wildman–Crippen LogP) is 2.58. The Kier molecular flexibility index (Phi) is 4.23. The molecule has 118 valence electrons. The number of nitrogens with one attached hydrogen (secondary N) is 2. The molecule has 0 radical (unpaired) electrons. The molecule has 2 rings (SSSR count). The lowest BCUT2D eigenvalue weighted by Crippen LogP contribution is -2.28. The van der Waals surface area contributed by atoms with Gasteiger partial charge in [0, 0.05) is 40.3 Å². The van der Waals surface area contributed by atoms with Crippen LogP contribution >= 0.6 is 11.6 Å². The Hall–Kier alpha value is -1.85. The Labute approximate surface area is 140 Å². The molecule has 0 aliphatic carbocycles. The standard InChI is InChI=1S/C16H20ClN3O2/c1-11(3-2-7-19-16(22)10-21)20-14-6-8-18-15-9-12(17)4-5-13(14)15/h4-6,8-9,11,21H,2-3,7,10H2,1H3,(H,18,20)(H,19,22)/i2D2,7D2. The van der Waals surface area contributed by atoms with Gasteiger partial charge in [0.15, 0.2) is 0 Å². The van der Waals surface area contributed by atoms with Crippen LogP contribution in [0.4, 0.5) is 5.69 Å². The first-order chi connectivity index (χ1) is 12.1. The summed E-state index contributed by atoms with van der Waals surface area (Å²) in [4.78, 5) is 15.5. The fourth-order valence-corrected chi connectivity index (χ4v) is 2.09. The van der Waals surface area contributed by atoms with Crippen LogP contribution in [0.5, 0.6) is 0 Å². The zero-order valence-electron chi connectivity index (χ0n) is 16.1. The van der Waals surface area contributed by atoms with E-state index in [1.54, 1.807) is 37.4 Å². The minimum atomic E-state index is -2.63. The molecule has 0 aliphatic heterocycles. The summed E-state index contributed by atoms with van der Waals surface area (Å²) in [5, 5.41) is 15.1. The van der Waals surface area contributed by atoms with Crippen LogP contribution in [0.25, 0.3) is 10.9 Å². The Balaban J connectivity index is 2.15. The van der Waals surface area contributed by atoms with Gasteiger partial charge in [-0.2, -0.15) is 0 Å². The van der Waals surface area contributed by atoms with Crippen molar-refractivity contribution in [1.29, 1.82) is 0 Å². The maximum atomic E-state index is 11.2. The number of aliphatic hydroxyl groups is 1. The van der Waals surface area contributed by atoms with E-state index in [4.69, 9.17) is 22.2 Å². The lowest BCUT2D eigenvalue weighted by atomic mass is 10.1. The highest BCUT2D eigenvalue weighted by Crippen LogP contribution is 2.25. The maximum Gasteiger partial charge on any atom is 0.245 e. The smallest absolute Gasteiger partial charge is 0.245 e. The van der Waals surface area contributed by atoms with Crippen LogP contribution in [0.2, 0.25) is 5.02 Å². The predicted molar refractivity (Wildman–Crippen MR) is 89.2 cm³/mol. The Morgan fingerprint density at radius 3 is 3.09 bits per heavy atom. The highest BCUT2D eigenvalue weighted by atomic mass is 35.5. The summed E-state index contributed by atoms with van der Waals surface area (Å²) in [7, 11) is 0. The molecule has 1 aromatic carbocycles. The molecule has 0 fully saturated rings. The van der Waals surface area contributed by atoms with E-state index in [1.165, 1.54) is 0 Å². The van der Waals surface area contributed by atoms with Gasteiger partial charge in [0.2, 0.25) is 5.91 Å². The van der Waals surface area contributed by atoms with Gasteiger partial charge in [-0.3, -0.25) is 9.78 Å². The zero-order chi connectivity index (χ0) is 19.5. The van der Waals surface area contributed by atoms with Crippen LogP contribution < -0.4 is 10.6 Å². The van der Waals surface area contributed by atoms with Gasteiger partial charge in [0.1, 0.15) is 6.61 Å². The first kappa shape index (κ1) is 11.7. The van der Waals surface area contributed by atoms with Crippen LogP contribution in [0.1, 0.15) is 25.2 Å². The Bertz CT molecular complexity index is 804. The average Bonchev–Trinajstić information content (AvgIpc) is 2.53. The molecule has 3 N–H and O–H groups in total. The number of rotatable bonds is 7. The molecular weight excluding hydrogens is 302 g/mol. The molecule has 1 atom stereocenters. The van der Waals surface area contributed by atoms with Gasteiger partial charge in [0.05, 0.1) is 5.52 Å². The first-order valence-corrected chi connectivity index (χ1v) is 7.16. The van der Waals surface area contributed by atoms with E-state index in [0.29, 0.717) is 10.5 Å². The van der Waals surface area contributed by atoms with E-state index in [-0.39, 0.29) is 6.42 Å². The summed E-state index contributed by atoms with van der Waals surface area (Å²) in [6, 6.07) is 6.53. The SMILES string of the molecule is [2H]C([2H])(CC(C)Nc1ccnc2cc(Cl)ccc12)C([2H])([2H])NC(=O)CO. The Morgan fingerprint density at radius 1 is 1.50 bits per heavy atom. The molecule has 0 saturated carbocycles. The molecule has 5 nitrogen and oxygen atoms in total. The summed E-state index contributed by atoms with van der Waals surface area (Å²) >= 11 is 5.96. The molecule has 0 spiro atoms. The zero-order valence-corrected chi connectivity index (χ0v) is 12.8. The molecule has 1 aromatic heterocycles. The third-order valence-electron chi connectivity index (χ3n) is 2.95. The lowest BCUT2D eigenvalue weighted by Gasteiger charge is -2.17. The second-order valence-corrected chi connectivity index (χ2v) is 5.21. The van der Waals surface area contributed by atoms with Gasteiger partial charge in [-0.15, -0.1) is 0 Å². The van der Waals surface area contributed by atoms with Crippen LogP contribution in [0, 0.1) is 0 Å². The number of aliphatic hydroxyl groups excluding tert-OH is 1. The van der Waals surface area contributed by atoms with Crippen LogP contribution in [0.3, 0.4) is 0 Å². The van der Waals surface area contributed by atoms with Crippen molar-refractivity contribution < 1.29 is 15.4 Å². The second-order valence-electron chi connectivity index (χ2n) is 4.78. The van der Waals surface area contributed by atoms with E-state index in [1.807, 2.05) is 5.32 Å². The first-order valence-electron chi connectivity index (χ1n) is 8.78. The number of hydrogen-bond donors (Lipinski definition) is 3. The van der Waals surface area contributed by atoms with Crippen molar-refractivity contribution in [3.05, 3.63) is 35.5 Å². The number of anilines is 1. The summed E-state index contributed by atoms with van der Waals surface area (Å²) in [5.74, 6) is -0.975. The molecule has 0 saturated heterocycles. The van der Waals surface area contributed by atoms with Gasteiger partial charge >= 0.3 is 0 Å². The maximum absolute atomic E-state index is 11.2. The van der Waals surface area contributed by atoms with Crippen LogP contribution in [0.15, 0.2) is 30.5 Å². The van der Waals surface area contributed by atoms with E-state index >= 15 is 0 Å². The molecule has 2 aromatic rings. The van der Waals surface area contributed by atoms with Crippen molar-refractivity contribution in [2.45, 2.75) is 25.8 Å². The van der Waals surface area contributed by atoms with Crippen LogP contribution in [-0.2, 0) is 4.79 Å². The quantitative estimate of drug-likeness (QED) is 0.731. The van der Waals surface area contributed by atoms with E-state index in [2.05, 4.69) is 10.3 Å². The fraction of sp³-hybridized carbons (Fsp3) is 0.375. The van der Waals surface area contributed by atoms with Crippen molar-refractivity contribution in [3.63, 3.8) is 0 Å². The summed E-state index contributed by atoms with van der Waals surface area (Å²) in [5.41, 5.74) is 1.40. The molecule has 1 amide bonds. The topological polar surface area (TPSA) is 74.2 Å². The van der Waals surface area contributed by atoms with Crippen molar-refractivity contribution in [2.24, 2.45) is 0 Å². The summed E-state index contributed by atoms with van der Waals surface area (Å²) in [6.45, 7) is -1.82. The number of aromatic nitrogens is 1. The number of hydrogen-bond acceptors (Lipinski definition) is 4. The van der Waals surface area contributed by atoms with Crippen molar-refractivity contribution in [2.75, 3.05) is 18.4 Å². The number of nitrogens with zero attached hydrogens (tertiary/aromatic N) is 1. The molecule has 22 heavy (non-hydrogen) atoms. The van der Waals surface area contributed by atoms with Crippen LogP contribution in [-0.4, -0.2) is 35.1 Å². The number of benzene rings is 1. The largest absolute Gasteiger partial charge is 0.387 e. The number of halogens is 1. The summed E-state index contributed by atoms with van der Waals surface area (Å²) in [6.07, 6.45) is -0.984. The summed E-state index contributed by atoms with van der Waals surface area (Å²) < 4.78 is 31.6. The highest BCUT2D eigenvalue weighted by Gasteiger charge is 2.07. The van der Waals surface area contributed by atoms with Gasteiger partial charge < -0.3 is 15.7 Å². The van der Waals surface area contributed by atoms with Crippen molar-refractivity contribution in [1.82, 2.24) is 10.3 Å². The average molecular weight is 326 g/mol. The monoisotopic (exact) mass is 325 g/mol. The number of carbonyl (C=O) groups is 1. The number of amides is 1. The minimum Gasteiger partial charge on any atom is -0.387 e. The third-order valence-corrected chi connectivity index (χ3v) is 3.18. The molecule has 0 bridgehead atoms. The normalized spacial score (nSPS) is 16.1. The minimum absolute atomic E-state index is 0.219. The number of pyridine rings is 1. The molecule has 1 unspecified atom stereocenters. The van der Waals surface area contributed by atoms with E-state index < -0.39 is 31.4 Å². The van der Waals surface area contributed by atoms with Gasteiger partial charge in [0.25, 0.3) is 0 Å². The Morgan fingerprint density at radius 2 is 2.32 bits per heavy atom.